The van der Waals surface area contributed by atoms with Gasteiger partial charge in [0.1, 0.15) is 0 Å². The van der Waals surface area contributed by atoms with Gasteiger partial charge in [-0.25, -0.2) is 0 Å². The summed E-state index contributed by atoms with van der Waals surface area (Å²) in [4.78, 5) is 0. The fourth-order valence-electron chi connectivity index (χ4n) is 3.76. The Morgan fingerprint density at radius 1 is 1.08 bits per heavy atom. The van der Waals surface area contributed by atoms with E-state index in [0.717, 1.165) is 5.92 Å². The second-order valence-corrected chi connectivity index (χ2v) is 9.53. The summed E-state index contributed by atoms with van der Waals surface area (Å²) in [6.07, 6.45) is 17.5. The van der Waals surface area contributed by atoms with Gasteiger partial charge in [0.15, 0.2) is 0 Å². The van der Waals surface area contributed by atoms with Crippen LogP contribution in [0.15, 0.2) is 36.0 Å². The Balaban J connectivity index is 2.17. The molecule has 3 atom stereocenters. The Kier molecular flexibility index (Phi) is 9.09. The largest absolute Gasteiger partial charge is 0.0993 e. The highest BCUT2D eigenvalue weighted by Crippen LogP contribution is 2.35. The van der Waals surface area contributed by atoms with E-state index >= 15 is 0 Å². The molecule has 0 bridgehead atoms. The van der Waals surface area contributed by atoms with Gasteiger partial charge in [-0.2, -0.15) is 0 Å². The van der Waals surface area contributed by atoms with E-state index in [1.807, 2.05) is 0 Å². The maximum Gasteiger partial charge on any atom is -0.0194 e. The minimum Gasteiger partial charge on any atom is -0.0993 e. The lowest BCUT2D eigenvalue weighted by molar-refractivity contribution is 0.337. The quantitative estimate of drug-likeness (QED) is 0.311. The topological polar surface area (TPSA) is 0 Å². The summed E-state index contributed by atoms with van der Waals surface area (Å²) in [5, 5.41) is 0. The van der Waals surface area contributed by atoms with Crippen LogP contribution in [-0.2, 0) is 0 Å². The molecule has 0 N–H and O–H groups in total. The van der Waals surface area contributed by atoms with Gasteiger partial charge in [-0.3, -0.25) is 0 Å². The van der Waals surface area contributed by atoms with Crippen molar-refractivity contribution in [1.29, 1.82) is 0 Å². The molecule has 1 saturated carbocycles. The van der Waals surface area contributed by atoms with E-state index in [-0.39, 0.29) is 0 Å². The predicted octanol–water partition coefficient (Wildman–Crippen LogP) is 8.11. The van der Waals surface area contributed by atoms with Crippen molar-refractivity contribution in [2.75, 3.05) is 0 Å². The molecule has 0 radical (unpaired) electrons. The number of hydrogen-bond acceptors (Lipinski definition) is 0. The Bertz CT molecular complexity index is 413. The van der Waals surface area contributed by atoms with Crippen molar-refractivity contribution in [3.63, 3.8) is 0 Å². The summed E-state index contributed by atoms with van der Waals surface area (Å²) >= 11 is 0. The van der Waals surface area contributed by atoms with E-state index in [1.54, 1.807) is 5.57 Å². The fraction of sp³-hybridized carbons (Fsp3) is 0.750. The third-order valence-electron chi connectivity index (χ3n) is 5.56. The maximum atomic E-state index is 4.24. The van der Waals surface area contributed by atoms with Gasteiger partial charge in [0.2, 0.25) is 0 Å². The van der Waals surface area contributed by atoms with Crippen molar-refractivity contribution in [1.82, 2.24) is 0 Å². The molecule has 1 aliphatic carbocycles. The van der Waals surface area contributed by atoms with Crippen LogP contribution >= 0.6 is 0 Å². The van der Waals surface area contributed by atoms with Gasteiger partial charge in [0, 0.05) is 0 Å². The summed E-state index contributed by atoms with van der Waals surface area (Å²) < 4.78 is 0. The van der Waals surface area contributed by atoms with Crippen LogP contribution in [0.4, 0.5) is 0 Å². The van der Waals surface area contributed by atoms with Crippen LogP contribution in [-0.4, -0.2) is 0 Å². The Hall–Kier alpha value is -0.780. The van der Waals surface area contributed by atoms with Crippen LogP contribution in [0, 0.1) is 23.2 Å². The van der Waals surface area contributed by atoms with Crippen LogP contribution in [0.2, 0.25) is 0 Å². The third kappa shape index (κ3) is 8.90. The van der Waals surface area contributed by atoms with E-state index in [0.29, 0.717) is 17.3 Å². The minimum absolute atomic E-state index is 0.496. The third-order valence-corrected chi connectivity index (χ3v) is 5.56. The minimum atomic E-state index is 0.496. The van der Waals surface area contributed by atoms with Crippen molar-refractivity contribution in [3.8, 4) is 0 Å². The van der Waals surface area contributed by atoms with Gasteiger partial charge < -0.3 is 0 Å². The van der Waals surface area contributed by atoms with Gasteiger partial charge >= 0.3 is 0 Å². The summed E-state index contributed by atoms with van der Waals surface area (Å²) in [5.41, 5.74) is 3.54. The van der Waals surface area contributed by atoms with Gasteiger partial charge in [0.05, 0.1) is 0 Å². The predicted molar refractivity (Wildman–Crippen MR) is 110 cm³/mol. The van der Waals surface area contributed by atoms with E-state index in [2.05, 4.69) is 66.3 Å². The normalized spacial score (nSPS) is 23.8. The molecule has 1 aliphatic rings. The summed E-state index contributed by atoms with van der Waals surface area (Å²) in [6.45, 7) is 18.3. The fourth-order valence-corrected chi connectivity index (χ4v) is 3.76. The van der Waals surface area contributed by atoms with E-state index in [1.165, 1.54) is 56.9 Å². The lowest BCUT2D eigenvalue weighted by atomic mass is 9.76. The zero-order chi connectivity index (χ0) is 18.2. The summed E-state index contributed by atoms with van der Waals surface area (Å²) in [6, 6.07) is 0. The first-order valence-electron chi connectivity index (χ1n) is 10.2. The smallest absolute Gasteiger partial charge is 0.0194 e. The second-order valence-electron chi connectivity index (χ2n) is 9.53. The van der Waals surface area contributed by atoms with Crippen molar-refractivity contribution in [2.24, 2.45) is 23.2 Å². The van der Waals surface area contributed by atoms with Gasteiger partial charge in [-0.1, -0.05) is 96.8 Å². The zero-order valence-corrected chi connectivity index (χ0v) is 17.3. The average Bonchev–Trinajstić information content (AvgIpc) is 2.46. The molecule has 24 heavy (non-hydrogen) atoms. The molecule has 0 heterocycles. The van der Waals surface area contributed by atoms with Crippen LogP contribution in [0.5, 0.6) is 0 Å². The van der Waals surface area contributed by atoms with Gasteiger partial charge in [-0.15, -0.1) is 0 Å². The molecule has 0 saturated heterocycles. The maximum absolute atomic E-state index is 4.24. The highest BCUT2D eigenvalue weighted by molar-refractivity contribution is 5.22. The average molecular weight is 331 g/mol. The molecule has 1 fully saturated rings. The van der Waals surface area contributed by atoms with Crippen LogP contribution in [0.25, 0.3) is 0 Å². The highest BCUT2D eigenvalue weighted by Gasteiger charge is 2.21. The monoisotopic (exact) mass is 330 g/mol. The van der Waals surface area contributed by atoms with Gasteiger partial charge in [-0.05, 0) is 55.3 Å². The van der Waals surface area contributed by atoms with E-state index < -0.39 is 0 Å². The van der Waals surface area contributed by atoms with Crippen molar-refractivity contribution >= 4 is 0 Å². The summed E-state index contributed by atoms with van der Waals surface area (Å²) in [5.74, 6) is 2.19. The Morgan fingerprint density at radius 3 is 2.25 bits per heavy atom. The first-order chi connectivity index (χ1) is 11.2. The molecular weight excluding hydrogens is 288 g/mol. The molecular formula is C24H42. The van der Waals surface area contributed by atoms with Crippen molar-refractivity contribution in [3.05, 3.63) is 36.0 Å². The van der Waals surface area contributed by atoms with Crippen LogP contribution in [0.1, 0.15) is 92.9 Å². The molecule has 0 spiro atoms. The molecule has 138 valence electrons. The SMILES string of the molecule is C=C1[C@H](C)CC(=C/C=C/CCC[C@@H](C)CCCC(C)(C)C)C[C@H]1C. The number of allylic oxidation sites excluding steroid dienone is 5. The van der Waals surface area contributed by atoms with Crippen molar-refractivity contribution < 1.29 is 0 Å². The lowest BCUT2D eigenvalue weighted by Gasteiger charge is -2.29. The standard InChI is InChI=1S/C24H42/c1-19(14-12-16-24(5,6)7)13-10-8-9-11-15-23-17-20(2)22(4)21(3)18-23/h9,11,15,19-21H,4,8,10,12-14,16-18H2,1-3,5-7H3/b11-9+/t19-,20-,21-/m1/s1. The molecule has 0 heteroatoms. The van der Waals surface area contributed by atoms with Crippen LogP contribution < -0.4 is 0 Å². The highest BCUT2D eigenvalue weighted by atomic mass is 14.3. The lowest BCUT2D eigenvalue weighted by Crippen LogP contribution is -2.15. The van der Waals surface area contributed by atoms with Crippen LogP contribution in [0.3, 0.4) is 0 Å². The number of unbranched alkanes of at least 4 members (excludes halogenated alkanes) is 1. The first-order valence-corrected chi connectivity index (χ1v) is 10.2. The Morgan fingerprint density at radius 2 is 1.67 bits per heavy atom. The molecule has 0 amide bonds. The molecule has 0 unspecified atom stereocenters. The van der Waals surface area contributed by atoms with Gasteiger partial charge in [0.25, 0.3) is 0 Å². The molecule has 0 aromatic heterocycles. The molecule has 0 aliphatic heterocycles. The first kappa shape index (κ1) is 21.3. The van der Waals surface area contributed by atoms with Crippen molar-refractivity contribution in [2.45, 2.75) is 92.9 Å². The second kappa shape index (κ2) is 10.3. The molecule has 1 rings (SSSR count). The Labute approximate surface area is 152 Å². The summed E-state index contributed by atoms with van der Waals surface area (Å²) in [7, 11) is 0. The molecule has 0 aromatic rings. The van der Waals surface area contributed by atoms with E-state index in [4.69, 9.17) is 0 Å². The number of rotatable bonds is 8. The zero-order valence-electron chi connectivity index (χ0n) is 17.3. The van der Waals surface area contributed by atoms with E-state index in [9.17, 15) is 0 Å². The number of hydrogen-bond donors (Lipinski definition) is 0. The molecule has 0 aromatic carbocycles. The molecule has 0 nitrogen and oxygen atoms in total.